The van der Waals surface area contributed by atoms with Gasteiger partial charge in [-0.15, -0.1) is 12.4 Å². The monoisotopic (exact) mass is 381 g/mol. The van der Waals surface area contributed by atoms with Crippen LogP contribution in [0.25, 0.3) is 22.1 Å². The van der Waals surface area contributed by atoms with E-state index in [0.717, 1.165) is 11.1 Å². The maximum absolute atomic E-state index is 11.3. The number of thioether (sulfide) groups is 1. The molecule has 0 amide bonds. The molecular formula is C16H16ClN3O4S. The normalized spacial score (nSPS) is 9.92. The Hall–Kier alpha value is -2.55. The second kappa shape index (κ2) is 8.52. The lowest BCUT2D eigenvalue weighted by molar-refractivity contribution is -0.400. The lowest BCUT2D eigenvalue weighted by Gasteiger charge is -2.01. The number of nitrogens with one attached hydrogen (secondary N) is 1. The van der Waals surface area contributed by atoms with Gasteiger partial charge in [0.15, 0.2) is 5.17 Å². The fourth-order valence-electron chi connectivity index (χ4n) is 2.40. The van der Waals surface area contributed by atoms with Crippen molar-refractivity contribution in [3.05, 3.63) is 64.2 Å². The van der Waals surface area contributed by atoms with Crippen molar-refractivity contribution in [3.8, 4) is 11.1 Å². The molecule has 1 aromatic heterocycles. The van der Waals surface area contributed by atoms with E-state index in [4.69, 9.17) is 15.6 Å². The van der Waals surface area contributed by atoms with Crippen molar-refractivity contribution >= 4 is 46.2 Å². The van der Waals surface area contributed by atoms with Crippen molar-refractivity contribution in [3.63, 3.8) is 0 Å². The van der Waals surface area contributed by atoms with Gasteiger partial charge in [0.05, 0.1) is 0 Å². The van der Waals surface area contributed by atoms with Crippen LogP contribution in [0.4, 0.5) is 5.88 Å². The van der Waals surface area contributed by atoms with Crippen LogP contribution < -0.4 is 5.73 Å². The van der Waals surface area contributed by atoms with E-state index in [0.29, 0.717) is 22.3 Å². The molecule has 1 heterocycles. The highest BCUT2D eigenvalue weighted by Gasteiger charge is 2.25. The van der Waals surface area contributed by atoms with Gasteiger partial charge in [-0.1, -0.05) is 48.2 Å². The lowest BCUT2D eigenvalue weighted by atomic mass is 10.0. The highest BCUT2D eigenvalue weighted by molar-refractivity contribution is 8.13. The summed E-state index contributed by atoms with van der Waals surface area (Å²) in [6, 6.07) is 14.5. The van der Waals surface area contributed by atoms with E-state index in [2.05, 4.69) is 0 Å². The summed E-state index contributed by atoms with van der Waals surface area (Å²) in [5, 5.41) is 19.3. The van der Waals surface area contributed by atoms with Gasteiger partial charge in [0.25, 0.3) is 0 Å². The van der Waals surface area contributed by atoms with Crippen LogP contribution in [0.2, 0.25) is 0 Å². The minimum Gasteiger partial charge on any atom is -0.412 e. The zero-order chi connectivity index (χ0) is 16.4. The average Bonchev–Trinajstić information content (AvgIpc) is 2.92. The van der Waals surface area contributed by atoms with Crippen molar-refractivity contribution in [2.45, 2.75) is 5.75 Å². The van der Waals surface area contributed by atoms with Crippen LogP contribution in [-0.4, -0.2) is 15.6 Å². The van der Waals surface area contributed by atoms with E-state index in [-0.39, 0.29) is 28.9 Å². The van der Waals surface area contributed by atoms with E-state index in [1.165, 1.54) is 11.8 Å². The molecule has 25 heavy (non-hydrogen) atoms. The average molecular weight is 382 g/mol. The fourth-order valence-corrected chi connectivity index (χ4v) is 2.90. The van der Waals surface area contributed by atoms with Crippen LogP contribution in [0.1, 0.15) is 5.56 Å². The Labute approximate surface area is 153 Å². The van der Waals surface area contributed by atoms with Gasteiger partial charge in [0.2, 0.25) is 0 Å². The Morgan fingerprint density at radius 2 is 1.92 bits per heavy atom. The SMILES string of the molecule is Cl.N=C(N)SCc1ccc2oc([N+](=O)[O-])c(-c3ccccc3)c2c1.O. The number of furan rings is 1. The molecule has 0 spiro atoms. The maximum atomic E-state index is 11.3. The summed E-state index contributed by atoms with van der Waals surface area (Å²) in [6.45, 7) is 0. The molecule has 3 aromatic rings. The third kappa shape index (κ3) is 4.30. The smallest absolute Gasteiger partial charge is 0.412 e. The number of rotatable bonds is 4. The summed E-state index contributed by atoms with van der Waals surface area (Å²) in [4.78, 5) is 10.8. The van der Waals surface area contributed by atoms with Crippen LogP contribution in [0.3, 0.4) is 0 Å². The summed E-state index contributed by atoms with van der Waals surface area (Å²) >= 11 is 1.20. The molecule has 3 rings (SSSR count). The van der Waals surface area contributed by atoms with Crippen molar-refractivity contribution < 1.29 is 14.8 Å². The molecule has 9 heteroatoms. The minimum absolute atomic E-state index is 0. The van der Waals surface area contributed by atoms with Crippen LogP contribution in [0, 0.1) is 15.5 Å². The zero-order valence-corrected chi connectivity index (χ0v) is 14.5. The highest BCUT2D eigenvalue weighted by Crippen LogP contribution is 2.40. The Kier molecular flexibility index (Phi) is 6.98. The van der Waals surface area contributed by atoms with Crippen LogP contribution in [-0.2, 0) is 5.75 Å². The van der Waals surface area contributed by atoms with E-state index in [1.807, 2.05) is 42.5 Å². The Balaban J connectivity index is 0.00000156. The molecule has 5 N–H and O–H groups in total. The van der Waals surface area contributed by atoms with E-state index in [9.17, 15) is 10.1 Å². The van der Waals surface area contributed by atoms with Gasteiger partial charge < -0.3 is 15.6 Å². The van der Waals surface area contributed by atoms with E-state index in [1.54, 1.807) is 6.07 Å². The quantitative estimate of drug-likeness (QED) is 0.307. The number of nitro groups is 1. The number of halogens is 1. The van der Waals surface area contributed by atoms with Gasteiger partial charge in [-0.2, -0.15) is 0 Å². The van der Waals surface area contributed by atoms with Crippen molar-refractivity contribution in [1.82, 2.24) is 0 Å². The second-order valence-electron chi connectivity index (χ2n) is 4.89. The molecule has 0 radical (unpaired) electrons. The first-order valence-electron chi connectivity index (χ1n) is 6.78. The molecule has 0 unspecified atom stereocenters. The van der Waals surface area contributed by atoms with Crippen molar-refractivity contribution in [2.24, 2.45) is 5.73 Å². The number of nitrogens with zero attached hydrogens (tertiary/aromatic N) is 1. The number of benzene rings is 2. The lowest BCUT2D eigenvalue weighted by Crippen LogP contribution is -2.03. The van der Waals surface area contributed by atoms with Gasteiger partial charge in [0, 0.05) is 11.1 Å². The second-order valence-corrected chi connectivity index (χ2v) is 5.91. The summed E-state index contributed by atoms with van der Waals surface area (Å²) < 4.78 is 5.42. The summed E-state index contributed by atoms with van der Waals surface area (Å²) in [7, 11) is 0. The molecule has 0 bridgehead atoms. The van der Waals surface area contributed by atoms with Gasteiger partial charge in [-0.05, 0) is 23.3 Å². The molecule has 0 aliphatic heterocycles. The van der Waals surface area contributed by atoms with Gasteiger partial charge in [-0.3, -0.25) is 15.5 Å². The molecule has 0 aliphatic rings. The van der Waals surface area contributed by atoms with Crippen molar-refractivity contribution in [2.75, 3.05) is 0 Å². The number of hydrogen-bond donors (Lipinski definition) is 2. The Bertz CT molecular complexity index is 899. The standard InChI is InChI=1S/C16H13N3O3S.ClH.H2O/c17-16(18)23-9-10-6-7-13-12(8-10)14(15(22-13)19(20)21)11-4-2-1-3-5-11;;/h1-8H,9H2,(H3,17,18);1H;1H2. The third-order valence-electron chi connectivity index (χ3n) is 3.36. The van der Waals surface area contributed by atoms with Gasteiger partial charge in [-0.25, -0.2) is 0 Å². The number of amidine groups is 1. The minimum atomic E-state index is -0.508. The first-order valence-corrected chi connectivity index (χ1v) is 7.77. The summed E-state index contributed by atoms with van der Waals surface area (Å²) in [6.07, 6.45) is 0. The third-order valence-corrected chi connectivity index (χ3v) is 4.15. The topological polar surface area (TPSA) is 138 Å². The molecule has 7 nitrogen and oxygen atoms in total. The maximum Gasteiger partial charge on any atom is 0.442 e. The van der Waals surface area contributed by atoms with Crippen LogP contribution in [0.15, 0.2) is 52.9 Å². The van der Waals surface area contributed by atoms with Gasteiger partial charge in [0.1, 0.15) is 16.1 Å². The van der Waals surface area contributed by atoms with E-state index < -0.39 is 4.92 Å². The van der Waals surface area contributed by atoms with Crippen LogP contribution >= 0.6 is 24.2 Å². The summed E-state index contributed by atoms with van der Waals surface area (Å²) in [5.41, 5.74) is 7.95. The summed E-state index contributed by atoms with van der Waals surface area (Å²) in [5.74, 6) is 0.265. The number of hydrogen-bond acceptors (Lipinski definition) is 5. The number of fused-ring (bicyclic) bond motifs is 1. The van der Waals surface area contributed by atoms with Crippen LogP contribution in [0.5, 0.6) is 0 Å². The molecule has 0 saturated heterocycles. The molecular weight excluding hydrogens is 366 g/mol. The fraction of sp³-hybridized carbons (Fsp3) is 0.0625. The number of nitrogens with two attached hydrogens (primary N) is 1. The predicted octanol–water partition coefficient (Wildman–Crippen LogP) is 3.73. The van der Waals surface area contributed by atoms with Gasteiger partial charge >= 0.3 is 5.88 Å². The molecule has 0 fully saturated rings. The molecule has 2 aromatic carbocycles. The zero-order valence-electron chi connectivity index (χ0n) is 12.9. The highest BCUT2D eigenvalue weighted by atomic mass is 35.5. The largest absolute Gasteiger partial charge is 0.442 e. The molecule has 0 atom stereocenters. The Morgan fingerprint density at radius 1 is 1.24 bits per heavy atom. The Morgan fingerprint density at radius 3 is 2.52 bits per heavy atom. The first-order chi connectivity index (χ1) is 11.1. The molecule has 0 aliphatic carbocycles. The van der Waals surface area contributed by atoms with E-state index >= 15 is 0 Å². The van der Waals surface area contributed by atoms with Crippen molar-refractivity contribution in [1.29, 1.82) is 5.41 Å². The first kappa shape index (κ1) is 20.5. The predicted molar refractivity (Wildman–Crippen MR) is 102 cm³/mol. The molecule has 0 saturated carbocycles. The molecule has 132 valence electrons.